The zero-order valence-corrected chi connectivity index (χ0v) is 15.0. The molecule has 0 atom stereocenters. The van der Waals surface area contributed by atoms with Crippen molar-refractivity contribution >= 4 is 35.3 Å². The van der Waals surface area contributed by atoms with Crippen molar-refractivity contribution in [1.82, 2.24) is 15.2 Å². The lowest BCUT2D eigenvalue weighted by molar-refractivity contribution is 0.310. The molecule has 2 aromatic rings. The summed E-state index contributed by atoms with van der Waals surface area (Å²) in [6.45, 7) is 0.690. The highest BCUT2D eigenvalue weighted by atomic mass is 32.2. The molecule has 5 nitrogen and oxygen atoms in total. The molecule has 1 aromatic heterocycles. The van der Waals surface area contributed by atoms with E-state index in [9.17, 15) is 4.79 Å². The third kappa shape index (κ3) is 5.03. The van der Waals surface area contributed by atoms with Gasteiger partial charge in [0.25, 0.3) is 0 Å². The largest absolute Gasteiger partial charge is 0.492 e. The zero-order chi connectivity index (χ0) is 15.8. The monoisotopic (exact) mass is 357 g/mol. The first kappa shape index (κ1) is 17.4. The molecule has 0 spiro atoms. The van der Waals surface area contributed by atoms with Crippen LogP contribution in [0.2, 0.25) is 0 Å². The molecule has 2 rings (SSSR count). The van der Waals surface area contributed by atoms with Gasteiger partial charge in [-0.2, -0.15) is 16.9 Å². The lowest BCUT2D eigenvalue weighted by atomic mass is 10.3. The highest BCUT2D eigenvalue weighted by Gasteiger charge is 2.07. The average molecular weight is 358 g/mol. The standard InChI is InChI=1S/C14H19N3O2S3/c1-20-11-6-3-5-10(13(11)21-2)19-7-4-8-22-9-12-15-14(18)17-16-12/h3,5-6H,4,7-9H2,1-2H3,(H2,15,16,17,18). The number of hydrogen-bond acceptors (Lipinski definition) is 6. The Morgan fingerprint density at radius 1 is 1.27 bits per heavy atom. The first-order valence-corrected chi connectivity index (χ1v) is 10.4. The Labute approximate surface area is 142 Å². The van der Waals surface area contributed by atoms with Crippen LogP contribution in [0.3, 0.4) is 0 Å². The Morgan fingerprint density at radius 2 is 2.14 bits per heavy atom. The normalized spacial score (nSPS) is 10.8. The molecule has 0 bridgehead atoms. The van der Waals surface area contributed by atoms with Crippen LogP contribution in [0, 0.1) is 0 Å². The predicted molar refractivity (Wildman–Crippen MR) is 95.5 cm³/mol. The molecule has 0 radical (unpaired) electrons. The minimum Gasteiger partial charge on any atom is -0.492 e. The van der Waals surface area contributed by atoms with Gasteiger partial charge >= 0.3 is 5.69 Å². The molecule has 0 amide bonds. The number of benzene rings is 1. The zero-order valence-electron chi connectivity index (χ0n) is 12.5. The molecule has 0 saturated carbocycles. The van der Waals surface area contributed by atoms with Gasteiger partial charge in [0.15, 0.2) is 0 Å². The Kier molecular flexibility index (Phi) is 7.28. The van der Waals surface area contributed by atoms with Gasteiger partial charge < -0.3 is 4.74 Å². The number of aromatic amines is 2. The predicted octanol–water partition coefficient (Wildman–Crippen LogP) is 3.24. The Hall–Kier alpha value is -0.990. The van der Waals surface area contributed by atoms with E-state index in [2.05, 4.69) is 33.8 Å². The second-order valence-electron chi connectivity index (χ2n) is 4.37. The molecule has 1 heterocycles. The van der Waals surface area contributed by atoms with E-state index < -0.39 is 0 Å². The molecule has 0 unspecified atom stereocenters. The lowest BCUT2D eigenvalue weighted by Crippen LogP contribution is -2.01. The second kappa shape index (κ2) is 9.22. The van der Waals surface area contributed by atoms with Crippen molar-refractivity contribution in [2.45, 2.75) is 22.0 Å². The number of nitrogens with one attached hydrogen (secondary N) is 2. The summed E-state index contributed by atoms with van der Waals surface area (Å²) in [7, 11) is 0. The van der Waals surface area contributed by atoms with Gasteiger partial charge in [-0.1, -0.05) is 6.07 Å². The summed E-state index contributed by atoms with van der Waals surface area (Å²) in [5, 5.41) is 6.23. The van der Waals surface area contributed by atoms with Gasteiger partial charge in [0.05, 0.1) is 17.3 Å². The van der Waals surface area contributed by atoms with Crippen LogP contribution in [0.25, 0.3) is 0 Å². The Bertz CT molecular complexity index is 642. The van der Waals surface area contributed by atoms with Crippen LogP contribution < -0.4 is 10.4 Å². The van der Waals surface area contributed by atoms with E-state index in [-0.39, 0.29) is 5.69 Å². The van der Waals surface area contributed by atoms with Crippen molar-refractivity contribution in [3.05, 3.63) is 34.5 Å². The van der Waals surface area contributed by atoms with Crippen molar-refractivity contribution in [2.75, 3.05) is 24.9 Å². The van der Waals surface area contributed by atoms with E-state index in [1.165, 1.54) is 9.79 Å². The molecule has 0 saturated heterocycles. The Balaban J connectivity index is 1.71. The Morgan fingerprint density at radius 3 is 2.82 bits per heavy atom. The van der Waals surface area contributed by atoms with Gasteiger partial charge in [0.2, 0.25) is 0 Å². The molecule has 8 heteroatoms. The van der Waals surface area contributed by atoms with Crippen LogP contribution in [0.4, 0.5) is 0 Å². The molecule has 0 aliphatic carbocycles. The number of H-pyrrole nitrogens is 2. The topological polar surface area (TPSA) is 70.8 Å². The highest BCUT2D eigenvalue weighted by molar-refractivity contribution is 8.01. The summed E-state index contributed by atoms with van der Waals surface area (Å²) < 4.78 is 5.90. The second-order valence-corrected chi connectivity index (χ2v) is 7.14. The average Bonchev–Trinajstić information content (AvgIpc) is 2.95. The molecule has 120 valence electrons. The third-order valence-corrected chi connectivity index (χ3v) is 5.64. The van der Waals surface area contributed by atoms with E-state index >= 15 is 0 Å². The van der Waals surface area contributed by atoms with Gasteiger partial charge in [0, 0.05) is 4.90 Å². The van der Waals surface area contributed by atoms with Crippen LogP contribution in [-0.2, 0) is 5.75 Å². The fraction of sp³-hybridized carbons (Fsp3) is 0.429. The maximum absolute atomic E-state index is 10.9. The molecule has 0 aliphatic rings. The minimum absolute atomic E-state index is 0.253. The molecule has 2 N–H and O–H groups in total. The number of ether oxygens (including phenoxy) is 1. The molecule has 0 aliphatic heterocycles. The van der Waals surface area contributed by atoms with E-state index in [0.717, 1.165) is 17.9 Å². The van der Waals surface area contributed by atoms with Gasteiger partial charge in [-0.25, -0.2) is 9.89 Å². The van der Waals surface area contributed by atoms with Gasteiger partial charge in [-0.3, -0.25) is 4.98 Å². The van der Waals surface area contributed by atoms with Gasteiger partial charge in [-0.05, 0) is 36.8 Å². The smallest absolute Gasteiger partial charge is 0.340 e. The van der Waals surface area contributed by atoms with Crippen molar-refractivity contribution in [2.24, 2.45) is 0 Å². The first-order chi connectivity index (χ1) is 10.7. The van der Waals surface area contributed by atoms with Crippen molar-refractivity contribution in [3.63, 3.8) is 0 Å². The summed E-state index contributed by atoms with van der Waals surface area (Å²) in [6, 6.07) is 6.17. The van der Waals surface area contributed by atoms with E-state index in [1.807, 2.05) is 12.1 Å². The summed E-state index contributed by atoms with van der Waals surface area (Å²) in [6.07, 6.45) is 5.11. The number of aromatic nitrogens is 3. The van der Waals surface area contributed by atoms with E-state index in [1.54, 1.807) is 35.3 Å². The summed E-state index contributed by atoms with van der Waals surface area (Å²) >= 11 is 5.19. The highest BCUT2D eigenvalue weighted by Crippen LogP contribution is 2.36. The first-order valence-electron chi connectivity index (χ1n) is 6.79. The van der Waals surface area contributed by atoms with Gasteiger partial charge in [-0.15, -0.1) is 23.5 Å². The quantitative estimate of drug-likeness (QED) is 0.530. The molecule has 0 fully saturated rings. The fourth-order valence-electron chi connectivity index (χ4n) is 1.86. The van der Waals surface area contributed by atoms with Crippen LogP contribution in [-0.4, -0.2) is 40.1 Å². The van der Waals surface area contributed by atoms with Crippen molar-refractivity contribution in [3.8, 4) is 5.75 Å². The van der Waals surface area contributed by atoms with Crippen LogP contribution in [0.5, 0.6) is 5.75 Å². The fourth-order valence-corrected chi connectivity index (χ4v) is 4.25. The maximum Gasteiger partial charge on any atom is 0.340 e. The summed E-state index contributed by atoms with van der Waals surface area (Å²) in [4.78, 5) is 16.0. The molecular weight excluding hydrogens is 338 g/mol. The number of thioether (sulfide) groups is 3. The number of nitrogens with zero attached hydrogens (tertiary/aromatic N) is 1. The molecule has 1 aromatic carbocycles. The maximum atomic E-state index is 10.9. The number of hydrogen-bond donors (Lipinski definition) is 2. The molecule has 22 heavy (non-hydrogen) atoms. The van der Waals surface area contributed by atoms with E-state index in [0.29, 0.717) is 18.2 Å². The molecular formula is C14H19N3O2S3. The summed E-state index contributed by atoms with van der Waals surface area (Å²) in [5.41, 5.74) is -0.253. The van der Waals surface area contributed by atoms with Gasteiger partial charge in [0.1, 0.15) is 11.6 Å². The number of rotatable bonds is 9. The summed E-state index contributed by atoms with van der Waals surface area (Å²) in [5.74, 6) is 3.32. The third-order valence-electron chi connectivity index (χ3n) is 2.85. The van der Waals surface area contributed by atoms with E-state index in [4.69, 9.17) is 4.74 Å². The SMILES string of the molecule is CSc1cccc(OCCCSCc2n[nH]c(=O)[nH]2)c1SC. The van der Waals surface area contributed by atoms with Crippen LogP contribution in [0.15, 0.2) is 32.8 Å². The van der Waals surface area contributed by atoms with Crippen LogP contribution in [0.1, 0.15) is 12.2 Å². The minimum atomic E-state index is -0.253. The lowest BCUT2D eigenvalue weighted by Gasteiger charge is -2.12. The van der Waals surface area contributed by atoms with Crippen molar-refractivity contribution < 1.29 is 4.74 Å². The van der Waals surface area contributed by atoms with Crippen molar-refractivity contribution in [1.29, 1.82) is 0 Å². The van der Waals surface area contributed by atoms with Crippen LogP contribution >= 0.6 is 35.3 Å².